The van der Waals surface area contributed by atoms with Crippen LogP contribution in [0, 0.1) is 0 Å². The van der Waals surface area contributed by atoms with E-state index in [0.717, 1.165) is 23.0 Å². The monoisotopic (exact) mass is 426 g/mol. The zero-order chi connectivity index (χ0) is 17.9. The molecular formula is C12H34O5Si6. The van der Waals surface area contributed by atoms with Gasteiger partial charge in [-0.2, -0.15) is 0 Å². The molecule has 0 aromatic heterocycles. The summed E-state index contributed by atoms with van der Waals surface area (Å²) in [6, 6.07) is 0.948. The van der Waals surface area contributed by atoms with E-state index >= 15 is 0 Å². The molecule has 1 rings (SSSR count). The van der Waals surface area contributed by atoms with Crippen molar-refractivity contribution in [2.75, 3.05) is 0 Å². The highest BCUT2D eigenvalue weighted by Gasteiger charge is 2.52. The predicted octanol–water partition coefficient (Wildman–Crippen LogP) is 1.99. The first-order chi connectivity index (χ1) is 10.3. The van der Waals surface area contributed by atoms with E-state index in [1.807, 2.05) is 6.08 Å². The van der Waals surface area contributed by atoms with Crippen LogP contribution in [0.3, 0.4) is 0 Å². The first-order valence-electron chi connectivity index (χ1n) is 8.24. The van der Waals surface area contributed by atoms with Gasteiger partial charge in [0.05, 0.1) is 0 Å². The minimum Gasteiger partial charge on any atom is -0.468 e. The Balaban J connectivity index is 2.91. The lowest BCUT2D eigenvalue weighted by atomic mass is 10.3. The fourth-order valence-electron chi connectivity index (χ4n) is 3.34. The van der Waals surface area contributed by atoms with Crippen molar-refractivity contribution in [2.24, 2.45) is 0 Å². The van der Waals surface area contributed by atoms with E-state index in [4.69, 9.17) is 20.6 Å². The molecule has 0 amide bonds. The van der Waals surface area contributed by atoms with Crippen LogP contribution >= 0.6 is 0 Å². The Bertz CT molecular complexity index is 395. The summed E-state index contributed by atoms with van der Waals surface area (Å²) in [6.07, 6.45) is 3.08. The molecule has 1 fully saturated rings. The lowest BCUT2D eigenvalue weighted by Crippen LogP contribution is -2.65. The number of allylic oxidation sites excluding steroid dienone is 1. The van der Waals surface area contributed by atoms with E-state index in [-0.39, 0.29) is 0 Å². The summed E-state index contributed by atoms with van der Waals surface area (Å²) in [5, 5.41) is 0. The van der Waals surface area contributed by atoms with Gasteiger partial charge in [0, 0.05) is 0 Å². The van der Waals surface area contributed by atoms with Crippen LogP contribution in [0.2, 0.25) is 57.4 Å². The maximum absolute atomic E-state index is 6.58. The molecule has 0 bridgehead atoms. The van der Waals surface area contributed by atoms with Gasteiger partial charge >= 0.3 is 34.2 Å². The summed E-state index contributed by atoms with van der Waals surface area (Å²) >= 11 is 0. The van der Waals surface area contributed by atoms with E-state index in [9.17, 15) is 0 Å². The summed E-state index contributed by atoms with van der Waals surface area (Å²) in [4.78, 5) is 0. The van der Waals surface area contributed by atoms with Crippen LogP contribution in [0.15, 0.2) is 12.7 Å². The van der Waals surface area contributed by atoms with Gasteiger partial charge in [-0.05, 0) is 63.8 Å². The third-order valence-electron chi connectivity index (χ3n) is 3.59. The van der Waals surface area contributed by atoms with Gasteiger partial charge in [0.1, 0.15) is 10.5 Å². The van der Waals surface area contributed by atoms with Gasteiger partial charge < -0.3 is 20.6 Å². The van der Waals surface area contributed by atoms with E-state index in [0.29, 0.717) is 5.54 Å². The molecule has 1 atom stereocenters. The van der Waals surface area contributed by atoms with E-state index < -0.39 is 44.0 Å². The van der Waals surface area contributed by atoms with Gasteiger partial charge in [0.25, 0.3) is 0 Å². The average Bonchev–Trinajstić information content (AvgIpc) is 2.28. The van der Waals surface area contributed by atoms with Gasteiger partial charge in [-0.3, -0.25) is 0 Å². The van der Waals surface area contributed by atoms with Crippen molar-refractivity contribution in [1.29, 1.82) is 0 Å². The van der Waals surface area contributed by atoms with Crippen LogP contribution in [0.25, 0.3) is 0 Å². The molecule has 11 heteroatoms. The van der Waals surface area contributed by atoms with Crippen LogP contribution in [0.5, 0.6) is 0 Å². The van der Waals surface area contributed by atoms with Gasteiger partial charge in [0.2, 0.25) is 0 Å². The van der Waals surface area contributed by atoms with Gasteiger partial charge in [-0.25, -0.2) is 0 Å². The largest absolute Gasteiger partial charge is 0.468 e. The van der Waals surface area contributed by atoms with Crippen LogP contribution < -0.4 is 0 Å². The quantitative estimate of drug-likeness (QED) is 0.480. The third kappa shape index (κ3) is 7.72. The van der Waals surface area contributed by atoms with Crippen LogP contribution in [-0.4, -0.2) is 54.5 Å². The van der Waals surface area contributed by atoms with Crippen molar-refractivity contribution in [3.05, 3.63) is 12.7 Å². The predicted molar refractivity (Wildman–Crippen MR) is 111 cm³/mol. The molecule has 1 unspecified atom stereocenters. The third-order valence-corrected chi connectivity index (χ3v) is 22.5. The topological polar surface area (TPSA) is 46.2 Å². The van der Waals surface area contributed by atoms with Crippen molar-refractivity contribution in [3.63, 3.8) is 0 Å². The molecule has 0 spiro atoms. The van der Waals surface area contributed by atoms with Crippen LogP contribution in [-0.2, 0) is 20.6 Å². The number of rotatable bonds is 6. The summed E-state index contributed by atoms with van der Waals surface area (Å²) in [5.74, 6) is 0. The normalized spacial score (nSPS) is 27.4. The standard InChI is InChI=1S/C12H34O5Si6/c1-9-12(19-13-18)10-11-23(8)16-21(4,5)14-20(2,3)15-22(6,7)17-23/h9,12H,1,10-11,19H2,2-8,18H3. The molecule has 0 aromatic rings. The Morgan fingerprint density at radius 1 is 0.957 bits per heavy atom. The van der Waals surface area contributed by atoms with Crippen molar-refractivity contribution in [2.45, 2.75) is 63.8 Å². The maximum Gasteiger partial charge on any atom is 0.317 e. The molecular weight excluding hydrogens is 393 g/mol. The Morgan fingerprint density at radius 3 is 1.78 bits per heavy atom. The van der Waals surface area contributed by atoms with Crippen molar-refractivity contribution in [1.82, 2.24) is 0 Å². The van der Waals surface area contributed by atoms with Crippen molar-refractivity contribution < 1.29 is 20.6 Å². The van der Waals surface area contributed by atoms with Crippen LogP contribution in [0.1, 0.15) is 6.42 Å². The molecule has 0 aliphatic carbocycles. The molecule has 5 nitrogen and oxygen atoms in total. The van der Waals surface area contributed by atoms with Crippen LogP contribution in [0.4, 0.5) is 0 Å². The highest BCUT2D eigenvalue weighted by Crippen LogP contribution is 2.34. The SMILES string of the molecule is C=CC(CC[Si]1(C)O[Si](C)(C)O[Si](C)(C)O[Si](C)(C)O1)[SiH2]O[SiH3]. The van der Waals surface area contributed by atoms with E-state index in [1.165, 1.54) is 0 Å². The van der Waals surface area contributed by atoms with E-state index in [1.54, 1.807) is 0 Å². The minimum atomic E-state index is -2.33. The Hall–Kier alpha value is 0.841. The second-order valence-corrected chi connectivity index (χ2v) is 25.9. The highest BCUT2D eigenvalue weighted by atomic mass is 28.5. The van der Waals surface area contributed by atoms with Gasteiger partial charge in [-0.1, -0.05) is 6.08 Å². The van der Waals surface area contributed by atoms with Crippen molar-refractivity contribution in [3.8, 4) is 0 Å². The molecule has 23 heavy (non-hydrogen) atoms. The molecule has 1 aliphatic rings. The number of hydrogen-bond acceptors (Lipinski definition) is 5. The lowest BCUT2D eigenvalue weighted by molar-refractivity contribution is 0.234. The Labute approximate surface area is 151 Å². The second kappa shape index (κ2) is 8.03. The summed E-state index contributed by atoms with van der Waals surface area (Å²) in [5.41, 5.74) is 0.497. The highest BCUT2D eigenvalue weighted by molar-refractivity contribution is 6.93. The Kier molecular flexibility index (Phi) is 7.64. The Morgan fingerprint density at radius 2 is 1.39 bits per heavy atom. The smallest absolute Gasteiger partial charge is 0.317 e. The molecule has 0 N–H and O–H groups in total. The molecule has 1 heterocycles. The molecule has 0 radical (unpaired) electrons. The fraction of sp³-hybridized carbons (Fsp3) is 0.833. The molecule has 136 valence electrons. The summed E-state index contributed by atoms with van der Waals surface area (Å²) < 4.78 is 31.4. The first-order valence-corrected chi connectivity index (χ1v) is 21.4. The zero-order valence-corrected chi connectivity index (χ0v) is 23.4. The minimum absolute atomic E-state index is 0.497. The molecule has 1 saturated heterocycles. The lowest BCUT2D eigenvalue weighted by Gasteiger charge is -2.47. The van der Waals surface area contributed by atoms with Gasteiger partial charge in [0.15, 0.2) is 9.76 Å². The van der Waals surface area contributed by atoms with Crippen molar-refractivity contribution >= 4 is 54.5 Å². The number of hydrogen-bond donors (Lipinski definition) is 0. The maximum atomic E-state index is 6.58. The average molecular weight is 427 g/mol. The summed E-state index contributed by atoms with van der Waals surface area (Å²) in [6.45, 7) is 18.8. The second-order valence-electron chi connectivity index (χ2n) is 7.73. The summed E-state index contributed by atoms with van der Waals surface area (Å²) in [7, 11) is -8.72. The fourth-order valence-corrected chi connectivity index (χ4v) is 27.6. The molecule has 1 aliphatic heterocycles. The molecule has 0 saturated carbocycles. The van der Waals surface area contributed by atoms with E-state index in [2.05, 4.69) is 52.4 Å². The molecule has 0 aromatic carbocycles. The van der Waals surface area contributed by atoms with Gasteiger partial charge in [-0.15, -0.1) is 6.58 Å². The zero-order valence-electron chi connectivity index (χ0n) is 16.0. The first kappa shape index (κ1) is 21.9.